The number of nitrogens with one attached hydrogen (secondary N) is 1. The van der Waals surface area contributed by atoms with Gasteiger partial charge in [-0.05, 0) is 31.1 Å². The van der Waals surface area contributed by atoms with Crippen LogP contribution in [0, 0.1) is 16.7 Å². The van der Waals surface area contributed by atoms with Gasteiger partial charge in [-0.1, -0.05) is 13.8 Å². The quantitative estimate of drug-likeness (QED) is 0.796. The van der Waals surface area contributed by atoms with Crippen molar-refractivity contribution in [3.8, 4) is 6.07 Å². The molecular formula is C10H18N2O2S. The van der Waals surface area contributed by atoms with Crippen LogP contribution >= 0.6 is 0 Å². The maximum atomic E-state index is 11.3. The summed E-state index contributed by atoms with van der Waals surface area (Å²) in [6, 6.07) is 1.69. The molecule has 0 aromatic carbocycles. The van der Waals surface area contributed by atoms with Gasteiger partial charge in [-0.2, -0.15) is 5.26 Å². The van der Waals surface area contributed by atoms with Crippen LogP contribution in [0.15, 0.2) is 0 Å². The molecule has 5 heteroatoms. The molecule has 0 unspecified atom stereocenters. The van der Waals surface area contributed by atoms with Crippen molar-refractivity contribution in [3.63, 3.8) is 0 Å². The molecule has 1 aliphatic carbocycles. The maximum Gasteiger partial charge on any atom is 0.225 e. The van der Waals surface area contributed by atoms with Gasteiger partial charge in [0, 0.05) is 6.04 Å². The van der Waals surface area contributed by atoms with Crippen molar-refractivity contribution in [2.75, 3.05) is 5.75 Å². The molecule has 0 radical (unpaired) electrons. The molecule has 1 rings (SSSR count). The number of hydrogen-bond donors (Lipinski definition) is 1. The highest BCUT2D eigenvalue weighted by Crippen LogP contribution is 2.35. The van der Waals surface area contributed by atoms with Gasteiger partial charge in [-0.15, -0.1) is 0 Å². The lowest BCUT2D eigenvalue weighted by atomic mass is 9.76. The van der Waals surface area contributed by atoms with Gasteiger partial charge < -0.3 is 0 Å². The molecule has 0 aromatic rings. The molecule has 0 aromatic heterocycles. The lowest BCUT2D eigenvalue weighted by molar-refractivity contribution is 0.218. The van der Waals surface area contributed by atoms with Gasteiger partial charge in [0.1, 0.15) is 0 Å². The van der Waals surface area contributed by atoms with Crippen molar-refractivity contribution >= 4 is 10.0 Å². The molecule has 86 valence electrons. The fraction of sp³-hybridized carbons (Fsp3) is 0.900. The van der Waals surface area contributed by atoms with E-state index in [-0.39, 0.29) is 6.04 Å². The van der Waals surface area contributed by atoms with E-state index in [0.717, 1.165) is 25.7 Å². The van der Waals surface area contributed by atoms with Gasteiger partial charge in [-0.25, -0.2) is 13.1 Å². The third-order valence-electron chi connectivity index (χ3n) is 2.94. The summed E-state index contributed by atoms with van der Waals surface area (Å²) >= 11 is 0. The molecule has 15 heavy (non-hydrogen) atoms. The summed E-state index contributed by atoms with van der Waals surface area (Å²) in [6.45, 7) is 4.40. The minimum atomic E-state index is -3.38. The number of nitriles is 1. The van der Waals surface area contributed by atoms with Gasteiger partial charge in [0.15, 0.2) is 5.75 Å². The summed E-state index contributed by atoms with van der Waals surface area (Å²) in [5.41, 5.74) is 0.331. The van der Waals surface area contributed by atoms with Crippen LogP contribution in [0.5, 0.6) is 0 Å². The average Bonchev–Trinajstić information content (AvgIpc) is 2.08. The summed E-state index contributed by atoms with van der Waals surface area (Å²) in [7, 11) is -3.38. The van der Waals surface area contributed by atoms with E-state index in [1.807, 2.05) is 0 Å². The van der Waals surface area contributed by atoms with Crippen molar-refractivity contribution in [2.45, 2.75) is 45.6 Å². The third-order valence-corrected chi connectivity index (χ3v) is 4.14. The summed E-state index contributed by atoms with van der Waals surface area (Å²) in [5, 5.41) is 8.35. The molecule has 1 aliphatic rings. The Kier molecular flexibility index (Phi) is 3.74. The van der Waals surface area contributed by atoms with Crippen molar-refractivity contribution in [1.29, 1.82) is 5.26 Å². The van der Waals surface area contributed by atoms with Gasteiger partial charge >= 0.3 is 0 Å². The van der Waals surface area contributed by atoms with Crippen molar-refractivity contribution in [1.82, 2.24) is 4.72 Å². The van der Waals surface area contributed by atoms with Crippen LogP contribution in [0.2, 0.25) is 0 Å². The molecule has 0 amide bonds. The third kappa shape index (κ3) is 4.18. The second-order valence-electron chi connectivity index (χ2n) is 4.97. The first-order valence-corrected chi connectivity index (χ1v) is 6.87. The Morgan fingerprint density at radius 2 is 1.93 bits per heavy atom. The first kappa shape index (κ1) is 12.5. The summed E-state index contributed by atoms with van der Waals surface area (Å²) in [4.78, 5) is 0. The number of sulfonamides is 1. The van der Waals surface area contributed by atoms with E-state index in [2.05, 4.69) is 18.6 Å². The molecular weight excluding hydrogens is 212 g/mol. The van der Waals surface area contributed by atoms with Crippen LogP contribution in [0.3, 0.4) is 0 Å². The van der Waals surface area contributed by atoms with Crippen molar-refractivity contribution < 1.29 is 8.42 Å². The van der Waals surface area contributed by atoms with Gasteiger partial charge in [-0.3, -0.25) is 0 Å². The van der Waals surface area contributed by atoms with Crippen LogP contribution in [0.25, 0.3) is 0 Å². The molecule has 0 spiro atoms. The van der Waals surface area contributed by atoms with Crippen LogP contribution in [0.1, 0.15) is 39.5 Å². The first-order valence-electron chi connectivity index (χ1n) is 5.22. The van der Waals surface area contributed by atoms with Crippen LogP contribution in [0.4, 0.5) is 0 Å². The largest absolute Gasteiger partial charge is 0.225 e. The van der Waals surface area contributed by atoms with E-state index < -0.39 is 15.8 Å². The molecule has 1 saturated carbocycles. The molecule has 1 N–H and O–H groups in total. The molecule has 0 heterocycles. The fourth-order valence-corrected chi connectivity index (χ4v) is 2.89. The minimum absolute atomic E-state index is 0.0244. The van der Waals surface area contributed by atoms with Crippen molar-refractivity contribution in [2.24, 2.45) is 5.41 Å². The first-order chi connectivity index (χ1) is 6.85. The zero-order chi connectivity index (χ0) is 11.5. The normalized spacial score (nSPS) is 22.2. The Morgan fingerprint density at radius 1 is 1.40 bits per heavy atom. The number of hydrogen-bond acceptors (Lipinski definition) is 3. The van der Waals surface area contributed by atoms with Crippen LogP contribution in [-0.2, 0) is 10.0 Å². The van der Waals surface area contributed by atoms with E-state index in [4.69, 9.17) is 5.26 Å². The fourth-order valence-electron chi connectivity index (χ4n) is 1.90. The van der Waals surface area contributed by atoms with E-state index >= 15 is 0 Å². The lowest BCUT2D eigenvalue weighted by Gasteiger charge is -2.34. The zero-order valence-corrected chi connectivity index (χ0v) is 10.1. The predicted molar refractivity (Wildman–Crippen MR) is 58.6 cm³/mol. The second kappa shape index (κ2) is 4.50. The zero-order valence-electron chi connectivity index (χ0n) is 9.28. The lowest BCUT2D eigenvalue weighted by Crippen LogP contribution is -2.40. The second-order valence-corrected chi connectivity index (χ2v) is 6.73. The van der Waals surface area contributed by atoms with Gasteiger partial charge in [0.2, 0.25) is 10.0 Å². The summed E-state index contributed by atoms with van der Waals surface area (Å²) < 4.78 is 25.2. The van der Waals surface area contributed by atoms with E-state index in [1.165, 1.54) is 0 Å². The smallest absolute Gasteiger partial charge is 0.211 e. The minimum Gasteiger partial charge on any atom is -0.211 e. The van der Waals surface area contributed by atoms with Gasteiger partial charge in [0.25, 0.3) is 0 Å². The Balaban J connectivity index is 2.47. The van der Waals surface area contributed by atoms with Crippen molar-refractivity contribution in [3.05, 3.63) is 0 Å². The summed E-state index contributed by atoms with van der Waals surface area (Å²) in [5.74, 6) is -0.438. The topological polar surface area (TPSA) is 70.0 Å². The highest BCUT2D eigenvalue weighted by atomic mass is 32.2. The van der Waals surface area contributed by atoms with Gasteiger partial charge in [0.05, 0.1) is 6.07 Å². The van der Waals surface area contributed by atoms with E-state index in [1.54, 1.807) is 6.07 Å². The number of rotatable bonds is 3. The molecule has 0 saturated heterocycles. The van der Waals surface area contributed by atoms with Crippen LogP contribution < -0.4 is 4.72 Å². The molecule has 4 nitrogen and oxygen atoms in total. The maximum absolute atomic E-state index is 11.3. The highest BCUT2D eigenvalue weighted by Gasteiger charge is 2.28. The Labute approximate surface area is 91.7 Å². The highest BCUT2D eigenvalue weighted by molar-refractivity contribution is 7.89. The Bertz CT molecular complexity index is 344. The monoisotopic (exact) mass is 230 g/mol. The SMILES string of the molecule is CC1(C)CCC(NS(=O)(=O)CC#N)CC1. The molecule has 1 fully saturated rings. The Morgan fingerprint density at radius 3 is 2.40 bits per heavy atom. The van der Waals surface area contributed by atoms with E-state index in [0.29, 0.717) is 5.41 Å². The van der Waals surface area contributed by atoms with Crippen LogP contribution in [-0.4, -0.2) is 20.2 Å². The Hall–Kier alpha value is -0.600. The summed E-state index contributed by atoms with van der Waals surface area (Å²) in [6.07, 6.45) is 3.81. The number of nitrogens with zero attached hydrogens (tertiary/aromatic N) is 1. The predicted octanol–water partition coefficient (Wildman–Crippen LogP) is 1.40. The molecule has 0 aliphatic heterocycles. The molecule has 0 bridgehead atoms. The van der Waals surface area contributed by atoms with E-state index in [9.17, 15) is 8.42 Å². The standard InChI is InChI=1S/C10H18N2O2S/c1-10(2)5-3-9(4-6-10)12-15(13,14)8-7-11/h9,12H,3-6,8H2,1-2H3. The molecule has 0 atom stereocenters. The average molecular weight is 230 g/mol.